The van der Waals surface area contributed by atoms with Gasteiger partial charge in [-0.25, -0.2) is 4.79 Å². The van der Waals surface area contributed by atoms with Crippen LogP contribution in [0.5, 0.6) is 0 Å². The molecule has 0 saturated carbocycles. The molecule has 0 unspecified atom stereocenters. The third-order valence-electron chi connectivity index (χ3n) is 2.08. The second kappa shape index (κ2) is 19.0. The lowest BCUT2D eigenvalue weighted by Gasteiger charge is -2.00. The van der Waals surface area contributed by atoms with Gasteiger partial charge in [0.1, 0.15) is 0 Å². The predicted molar refractivity (Wildman–Crippen MR) is 102 cm³/mol. The van der Waals surface area contributed by atoms with Crippen LogP contribution in [0.3, 0.4) is 0 Å². The first-order valence-corrected chi connectivity index (χ1v) is 7.61. The topological polar surface area (TPSA) is 38.3 Å². The molecule has 0 aliphatic heterocycles. The Hall–Kier alpha value is -4.09. The molecule has 0 aliphatic rings. The number of ether oxygens (including phenoxy) is 1. The molecule has 0 aliphatic carbocycles. The molecular weight excluding hydrogens is 322 g/mol. The molecule has 0 rings (SSSR count). The van der Waals surface area contributed by atoms with Crippen LogP contribution in [0, 0.1) is 94.7 Å². The molecule has 0 aromatic heterocycles. The van der Waals surface area contributed by atoms with E-state index in [0.717, 1.165) is 19.5 Å². The zero-order chi connectivity index (χ0) is 19.1. The van der Waals surface area contributed by atoms with Crippen LogP contribution in [0.4, 0.5) is 0 Å². The van der Waals surface area contributed by atoms with Crippen molar-refractivity contribution < 1.29 is 9.53 Å². The van der Waals surface area contributed by atoms with Crippen LogP contribution in [0.25, 0.3) is 0 Å². The fraction of sp³-hybridized carbons (Fsp3) is 0.261. The SMILES string of the molecule is CC#CC#CC#CC#CC#CC#CC#CC#CC(=O)OCCCNCC. The lowest BCUT2D eigenvalue weighted by molar-refractivity contribution is -0.136. The number of nitrogens with one attached hydrogen (secondary N) is 1. The van der Waals surface area contributed by atoms with E-state index in [0.29, 0.717) is 6.61 Å². The van der Waals surface area contributed by atoms with Gasteiger partial charge in [0.05, 0.1) is 6.61 Å². The van der Waals surface area contributed by atoms with Gasteiger partial charge in [0.25, 0.3) is 0 Å². The number of hydrogen-bond acceptors (Lipinski definition) is 3. The Morgan fingerprint density at radius 3 is 1.69 bits per heavy atom. The van der Waals surface area contributed by atoms with Gasteiger partial charge in [-0.15, -0.1) is 0 Å². The van der Waals surface area contributed by atoms with Crippen molar-refractivity contribution in [3.8, 4) is 94.7 Å². The summed E-state index contributed by atoms with van der Waals surface area (Å²) in [4.78, 5) is 11.2. The maximum Gasteiger partial charge on any atom is 0.385 e. The smallest absolute Gasteiger partial charge is 0.385 e. The van der Waals surface area contributed by atoms with Crippen molar-refractivity contribution in [3.05, 3.63) is 0 Å². The average Bonchev–Trinajstić information content (AvgIpc) is 2.64. The van der Waals surface area contributed by atoms with Crippen LogP contribution < -0.4 is 5.32 Å². The summed E-state index contributed by atoms with van der Waals surface area (Å²) in [5.41, 5.74) is 0. The van der Waals surface area contributed by atoms with Crippen molar-refractivity contribution in [2.24, 2.45) is 0 Å². The minimum absolute atomic E-state index is 0.328. The van der Waals surface area contributed by atoms with Crippen LogP contribution in [-0.2, 0) is 9.53 Å². The third kappa shape index (κ3) is 18.0. The van der Waals surface area contributed by atoms with Crippen molar-refractivity contribution in [2.45, 2.75) is 20.3 Å². The maximum atomic E-state index is 11.2. The van der Waals surface area contributed by atoms with Gasteiger partial charge in [0.15, 0.2) is 0 Å². The summed E-state index contributed by atoms with van der Waals surface area (Å²) in [6, 6.07) is 0. The minimum Gasteiger partial charge on any atom is -0.456 e. The minimum atomic E-state index is -0.605. The standard InChI is InChI=1S/C23H15NO2/c1-3-5-6-7-8-9-10-11-12-13-14-15-16-17-18-20-23(25)26-22-19-21-24-4-2/h24H,4,19,21-22H2,1-2H3. The van der Waals surface area contributed by atoms with Gasteiger partial charge >= 0.3 is 5.97 Å². The molecule has 0 atom stereocenters. The maximum absolute atomic E-state index is 11.2. The van der Waals surface area contributed by atoms with Crippen molar-refractivity contribution in [3.63, 3.8) is 0 Å². The first-order chi connectivity index (χ1) is 12.8. The Kier molecular flexibility index (Phi) is 16.0. The van der Waals surface area contributed by atoms with E-state index in [-0.39, 0.29) is 0 Å². The quantitative estimate of drug-likeness (QED) is 0.345. The first-order valence-electron chi connectivity index (χ1n) is 7.61. The van der Waals surface area contributed by atoms with E-state index in [1.165, 1.54) is 0 Å². The molecule has 26 heavy (non-hydrogen) atoms. The van der Waals surface area contributed by atoms with Crippen molar-refractivity contribution in [1.29, 1.82) is 0 Å². The molecule has 0 aromatic carbocycles. The Morgan fingerprint density at radius 2 is 1.23 bits per heavy atom. The highest BCUT2D eigenvalue weighted by molar-refractivity contribution is 5.89. The molecule has 0 saturated heterocycles. The van der Waals surface area contributed by atoms with Crippen LogP contribution >= 0.6 is 0 Å². The Bertz CT molecular complexity index is 972. The number of carbonyl (C=O) groups is 1. The summed E-state index contributed by atoms with van der Waals surface area (Å²) in [6.07, 6.45) is 0.743. The summed E-state index contributed by atoms with van der Waals surface area (Å²) in [5, 5.41) is 3.12. The van der Waals surface area contributed by atoms with E-state index in [1.54, 1.807) is 6.92 Å². The van der Waals surface area contributed by atoms with Gasteiger partial charge in [-0.2, -0.15) is 0 Å². The van der Waals surface area contributed by atoms with E-state index >= 15 is 0 Å². The van der Waals surface area contributed by atoms with Gasteiger partial charge in [-0.1, -0.05) is 12.8 Å². The number of rotatable bonds is 5. The molecule has 0 heterocycles. The van der Waals surface area contributed by atoms with Gasteiger partial charge in [-0.3, -0.25) is 0 Å². The van der Waals surface area contributed by atoms with Gasteiger partial charge < -0.3 is 10.1 Å². The molecule has 0 bridgehead atoms. The lowest BCUT2D eigenvalue weighted by atomic mass is 10.4. The van der Waals surface area contributed by atoms with E-state index in [1.807, 2.05) is 6.92 Å². The highest BCUT2D eigenvalue weighted by atomic mass is 16.5. The zero-order valence-electron chi connectivity index (χ0n) is 14.6. The third-order valence-corrected chi connectivity index (χ3v) is 2.08. The fourth-order valence-electron chi connectivity index (χ4n) is 1.09. The Morgan fingerprint density at radius 1 is 0.769 bits per heavy atom. The molecule has 3 nitrogen and oxygen atoms in total. The molecule has 1 N–H and O–H groups in total. The summed E-state index contributed by atoms with van der Waals surface area (Å²) < 4.78 is 4.89. The number of carbonyl (C=O) groups excluding carboxylic acids is 1. The molecular formula is C23H15NO2. The first kappa shape index (κ1) is 21.9. The van der Waals surface area contributed by atoms with Gasteiger partial charge in [0, 0.05) is 5.92 Å². The van der Waals surface area contributed by atoms with Crippen LogP contribution in [0.2, 0.25) is 0 Å². The van der Waals surface area contributed by atoms with E-state index in [9.17, 15) is 4.79 Å². The highest BCUT2D eigenvalue weighted by Crippen LogP contribution is 1.81. The summed E-state index contributed by atoms with van der Waals surface area (Å²) in [7, 11) is 0. The molecule has 0 radical (unpaired) electrons. The summed E-state index contributed by atoms with van der Waals surface area (Å²) in [5.74, 6) is 39.0. The van der Waals surface area contributed by atoms with E-state index < -0.39 is 5.97 Å². The van der Waals surface area contributed by atoms with E-state index in [4.69, 9.17) is 4.74 Å². The van der Waals surface area contributed by atoms with Crippen molar-refractivity contribution in [2.75, 3.05) is 19.7 Å². The molecule has 0 amide bonds. The predicted octanol–water partition coefficient (Wildman–Crippen LogP) is 0.576. The summed E-state index contributed by atoms with van der Waals surface area (Å²) >= 11 is 0. The van der Waals surface area contributed by atoms with Crippen LogP contribution in [-0.4, -0.2) is 25.7 Å². The van der Waals surface area contributed by atoms with Crippen molar-refractivity contribution in [1.82, 2.24) is 5.32 Å². The monoisotopic (exact) mass is 337 g/mol. The van der Waals surface area contributed by atoms with Crippen LogP contribution in [0.15, 0.2) is 0 Å². The summed E-state index contributed by atoms with van der Waals surface area (Å²) in [6.45, 7) is 5.72. The Balaban J connectivity index is 4.18. The molecule has 0 spiro atoms. The number of esters is 1. The fourth-order valence-corrected chi connectivity index (χ4v) is 1.09. The highest BCUT2D eigenvalue weighted by Gasteiger charge is 1.94. The molecule has 3 heteroatoms. The van der Waals surface area contributed by atoms with E-state index in [2.05, 4.69) is 100 Å². The molecule has 124 valence electrons. The lowest BCUT2D eigenvalue weighted by Crippen LogP contribution is -2.16. The van der Waals surface area contributed by atoms with Crippen molar-refractivity contribution >= 4 is 5.97 Å². The second-order valence-electron chi connectivity index (χ2n) is 3.97. The molecule has 0 fully saturated rings. The average molecular weight is 337 g/mol. The second-order valence-corrected chi connectivity index (χ2v) is 3.97. The number of hydrogen-bond donors (Lipinski definition) is 1. The van der Waals surface area contributed by atoms with Crippen LogP contribution in [0.1, 0.15) is 20.3 Å². The molecule has 0 aromatic rings. The Labute approximate surface area is 156 Å². The largest absolute Gasteiger partial charge is 0.456 e. The van der Waals surface area contributed by atoms with Gasteiger partial charge in [-0.05, 0) is 109 Å². The normalized spacial score (nSPS) is 6.08. The van der Waals surface area contributed by atoms with Gasteiger partial charge in [0.2, 0.25) is 0 Å². The zero-order valence-corrected chi connectivity index (χ0v) is 14.6.